The first-order chi connectivity index (χ1) is 11.0. The molecule has 2 saturated heterocycles. The number of carbonyl (C=O) groups is 2. The molecule has 0 aromatic heterocycles. The van der Waals surface area contributed by atoms with Crippen LogP contribution in [0.25, 0.3) is 0 Å². The van der Waals surface area contributed by atoms with Crippen LogP contribution in [0, 0.1) is 6.92 Å². The number of amides is 2. The van der Waals surface area contributed by atoms with E-state index in [2.05, 4.69) is 21.2 Å². The van der Waals surface area contributed by atoms with Gasteiger partial charge in [0.15, 0.2) is 5.79 Å². The summed E-state index contributed by atoms with van der Waals surface area (Å²) in [5.41, 5.74) is 1.66. The van der Waals surface area contributed by atoms with Gasteiger partial charge in [0.1, 0.15) is 0 Å². The van der Waals surface area contributed by atoms with E-state index < -0.39 is 17.6 Å². The van der Waals surface area contributed by atoms with Crippen LogP contribution in [0.2, 0.25) is 0 Å². The average molecular weight is 383 g/mol. The predicted molar refractivity (Wildman–Crippen MR) is 88.0 cm³/mol. The zero-order valence-electron chi connectivity index (χ0n) is 12.9. The lowest BCUT2D eigenvalue weighted by molar-refractivity contribution is -0.187. The molecule has 0 radical (unpaired) electrons. The average Bonchev–Trinajstić information content (AvgIpc) is 2.99. The van der Waals surface area contributed by atoms with Gasteiger partial charge in [-0.1, -0.05) is 22.0 Å². The van der Waals surface area contributed by atoms with E-state index in [1.165, 1.54) is 0 Å². The lowest BCUT2D eigenvalue weighted by Gasteiger charge is -2.37. The highest BCUT2D eigenvalue weighted by molar-refractivity contribution is 9.10. The summed E-state index contributed by atoms with van der Waals surface area (Å²) in [5, 5.41) is 2.65. The zero-order valence-corrected chi connectivity index (χ0v) is 14.5. The summed E-state index contributed by atoms with van der Waals surface area (Å²) < 4.78 is 12.1. The maximum atomic E-state index is 12.3. The van der Waals surface area contributed by atoms with Crippen LogP contribution in [-0.4, -0.2) is 48.8 Å². The Balaban J connectivity index is 1.57. The Morgan fingerprint density at radius 3 is 2.48 bits per heavy atom. The largest absolute Gasteiger partial charge is 0.347 e. The van der Waals surface area contributed by atoms with E-state index in [-0.39, 0.29) is 0 Å². The maximum Gasteiger partial charge on any atom is 0.313 e. The van der Waals surface area contributed by atoms with Crippen molar-refractivity contribution in [2.75, 3.05) is 31.6 Å². The summed E-state index contributed by atoms with van der Waals surface area (Å²) >= 11 is 3.41. The van der Waals surface area contributed by atoms with Crippen LogP contribution in [0.1, 0.15) is 18.4 Å². The number of nitrogens with zero attached hydrogens (tertiary/aromatic N) is 1. The number of hydrogen-bond acceptors (Lipinski definition) is 4. The number of hydrogen-bond donors (Lipinski definition) is 1. The first-order valence-corrected chi connectivity index (χ1v) is 8.43. The van der Waals surface area contributed by atoms with Crippen molar-refractivity contribution < 1.29 is 19.1 Å². The van der Waals surface area contributed by atoms with E-state index in [0.29, 0.717) is 44.8 Å². The molecule has 0 aliphatic carbocycles. The fourth-order valence-electron chi connectivity index (χ4n) is 2.83. The maximum absolute atomic E-state index is 12.3. The van der Waals surface area contributed by atoms with Gasteiger partial charge in [-0.2, -0.15) is 0 Å². The molecule has 0 unspecified atom stereocenters. The third kappa shape index (κ3) is 3.57. The monoisotopic (exact) mass is 382 g/mol. The Bertz CT molecular complexity index is 619. The first-order valence-electron chi connectivity index (χ1n) is 7.63. The highest BCUT2D eigenvalue weighted by Crippen LogP contribution is 2.31. The SMILES string of the molecule is Cc1ccc(NC(=O)C(=O)N2CCC3(CC2)OCCO3)cc1Br. The molecule has 2 heterocycles. The van der Waals surface area contributed by atoms with Crippen LogP contribution in [-0.2, 0) is 19.1 Å². The molecule has 0 atom stereocenters. The van der Waals surface area contributed by atoms with Gasteiger partial charge in [0.2, 0.25) is 0 Å². The topological polar surface area (TPSA) is 67.9 Å². The van der Waals surface area contributed by atoms with Crippen molar-refractivity contribution in [2.24, 2.45) is 0 Å². The van der Waals surface area contributed by atoms with Crippen LogP contribution in [0.3, 0.4) is 0 Å². The van der Waals surface area contributed by atoms with E-state index in [9.17, 15) is 9.59 Å². The first kappa shape index (κ1) is 16.4. The van der Waals surface area contributed by atoms with Gasteiger partial charge in [0.05, 0.1) is 13.2 Å². The summed E-state index contributed by atoms with van der Waals surface area (Å²) in [7, 11) is 0. The Morgan fingerprint density at radius 2 is 1.87 bits per heavy atom. The van der Waals surface area contributed by atoms with Crippen molar-refractivity contribution >= 4 is 33.4 Å². The number of halogens is 1. The van der Waals surface area contributed by atoms with Gasteiger partial charge >= 0.3 is 11.8 Å². The zero-order chi connectivity index (χ0) is 16.4. The molecule has 23 heavy (non-hydrogen) atoms. The smallest absolute Gasteiger partial charge is 0.313 e. The lowest BCUT2D eigenvalue weighted by Crippen LogP contribution is -2.50. The molecule has 2 aliphatic rings. The van der Waals surface area contributed by atoms with E-state index in [4.69, 9.17) is 9.47 Å². The molecule has 1 N–H and O–H groups in total. The number of rotatable bonds is 1. The van der Waals surface area contributed by atoms with Crippen molar-refractivity contribution in [3.63, 3.8) is 0 Å². The van der Waals surface area contributed by atoms with E-state index in [1.807, 2.05) is 13.0 Å². The molecular weight excluding hydrogens is 364 g/mol. The molecule has 0 bridgehead atoms. The second-order valence-corrected chi connectivity index (χ2v) is 6.67. The Morgan fingerprint density at radius 1 is 1.22 bits per heavy atom. The molecule has 3 rings (SSSR count). The highest BCUT2D eigenvalue weighted by Gasteiger charge is 2.41. The van der Waals surface area contributed by atoms with Gasteiger partial charge < -0.3 is 19.7 Å². The number of benzene rings is 1. The standard InChI is InChI=1S/C16H19BrN2O4/c1-11-2-3-12(10-13(11)17)18-14(20)15(21)19-6-4-16(5-7-19)22-8-9-23-16/h2-3,10H,4-9H2,1H3,(H,18,20). The van der Waals surface area contributed by atoms with Crippen LogP contribution < -0.4 is 5.32 Å². The fourth-order valence-corrected chi connectivity index (χ4v) is 3.21. The molecule has 7 heteroatoms. The van der Waals surface area contributed by atoms with Crippen LogP contribution in [0.15, 0.2) is 22.7 Å². The summed E-state index contributed by atoms with van der Waals surface area (Å²) in [6.45, 7) is 4.07. The van der Waals surface area contributed by atoms with E-state index >= 15 is 0 Å². The highest BCUT2D eigenvalue weighted by atomic mass is 79.9. The number of carbonyl (C=O) groups excluding carboxylic acids is 2. The van der Waals surface area contributed by atoms with Gasteiger partial charge in [-0.05, 0) is 24.6 Å². The number of piperidine rings is 1. The number of likely N-dealkylation sites (tertiary alicyclic amines) is 1. The van der Waals surface area contributed by atoms with Crippen LogP contribution in [0.5, 0.6) is 0 Å². The van der Waals surface area contributed by atoms with Crippen LogP contribution >= 0.6 is 15.9 Å². The van der Waals surface area contributed by atoms with Gasteiger partial charge in [0.25, 0.3) is 0 Å². The minimum atomic E-state index is -0.620. The number of aryl methyl sites for hydroxylation is 1. The quantitative estimate of drug-likeness (QED) is 0.754. The van der Waals surface area contributed by atoms with Crippen LogP contribution in [0.4, 0.5) is 5.69 Å². The van der Waals surface area contributed by atoms with Crippen molar-refractivity contribution in [3.8, 4) is 0 Å². The van der Waals surface area contributed by atoms with Gasteiger partial charge in [0, 0.05) is 36.1 Å². The Kier molecular flexibility index (Phi) is 4.70. The van der Waals surface area contributed by atoms with E-state index in [0.717, 1.165) is 10.0 Å². The van der Waals surface area contributed by atoms with Crippen molar-refractivity contribution in [1.29, 1.82) is 0 Å². The minimum absolute atomic E-state index is 0.462. The third-order valence-corrected chi connectivity index (χ3v) is 5.10. The van der Waals surface area contributed by atoms with Crippen molar-refractivity contribution in [3.05, 3.63) is 28.2 Å². The summed E-state index contributed by atoms with van der Waals surface area (Å²) in [6, 6.07) is 5.44. The number of anilines is 1. The molecule has 2 amide bonds. The second kappa shape index (κ2) is 6.59. The summed E-state index contributed by atoms with van der Waals surface area (Å²) in [6.07, 6.45) is 1.20. The van der Waals surface area contributed by atoms with Gasteiger partial charge in [-0.15, -0.1) is 0 Å². The second-order valence-electron chi connectivity index (χ2n) is 5.82. The molecule has 1 spiro atoms. The molecule has 2 aliphatic heterocycles. The number of nitrogens with one attached hydrogen (secondary N) is 1. The molecule has 1 aromatic carbocycles. The molecule has 0 saturated carbocycles. The van der Waals surface area contributed by atoms with Gasteiger partial charge in [-0.3, -0.25) is 9.59 Å². The normalized spacial score (nSPS) is 19.8. The molecule has 6 nitrogen and oxygen atoms in total. The third-order valence-electron chi connectivity index (χ3n) is 4.25. The predicted octanol–water partition coefficient (Wildman–Crippen LogP) is 2.06. The number of ether oxygens (including phenoxy) is 2. The Hall–Kier alpha value is -1.44. The minimum Gasteiger partial charge on any atom is -0.347 e. The fraction of sp³-hybridized carbons (Fsp3) is 0.500. The molecular formula is C16H19BrN2O4. The Labute approximate surface area is 143 Å². The summed E-state index contributed by atoms with van der Waals surface area (Å²) in [4.78, 5) is 26.0. The van der Waals surface area contributed by atoms with E-state index in [1.54, 1.807) is 17.0 Å². The van der Waals surface area contributed by atoms with Crippen molar-refractivity contribution in [2.45, 2.75) is 25.6 Å². The van der Waals surface area contributed by atoms with Gasteiger partial charge in [-0.25, -0.2) is 0 Å². The summed E-state index contributed by atoms with van der Waals surface area (Å²) in [5.74, 6) is -1.69. The molecule has 124 valence electrons. The molecule has 2 fully saturated rings. The van der Waals surface area contributed by atoms with Crippen molar-refractivity contribution in [1.82, 2.24) is 4.90 Å². The lowest BCUT2D eigenvalue weighted by atomic mass is 10.0. The molecule has 1 aromatic rings.